The zero-order chi connectivity index (χ0) is 12.4. The van der Waals surface area contributed by atoms with Gasteiger partial charge in [-0.15, -0.1) is 0 Å². The zero-order valence-corrected chi connectivity index (χ0v) is 10.1. The van der Waals surface area contributed by atoms with E-state index in [1.807, 2.05) is 26.0 Å². The van der Waals surface area contributed by atoms with E-state index in [2.05, 4.69) is 10.1 Å². The molecule has 0 fully saturated rings. The molecule has 2 aromatic rings. The average Bonchev–Trinajstić information content (AvgIpc) is 2.71. The lowest BCUT2D eigenvalue weighted by Crippen LogP contribution is -1.97. The lowest BCUT2D eigenvalue weighted by molar-refractivity contribution is 0.392. The summed E-state index contributed by atoms with van der Waals surface area (Å²) in [6.45, 7) is 4.07. The Morgan fingerprint density at radius 1 is 1.41 bits per heavy atom. The molecule has 2 aromatic heterocycles. The molecule has 0 bridgehead atoms. The summed E-state index contributed by atoms with van der Waals surface area (Å²) < 4.78 is 10.5. The van der Waals surface area contributed by atoms with Gasteiger partial charge in [0.25, 0.3) is 0 Å². The normalized spacial score (nSPS) is 10.8. The van der Waals surface area contributed by atoms with Crippen molar-refractivity contribution in [1.29, 1.82) is 0 Å². The first kappa shape index (κ1) is 11.4. The summed E-state index contributed by atoms with van der Waals surface area (Å²) in [5.74, 6) is 1.77. The minimum absolute atomic E-state index is 0.223. The molecule has 90 valence electrons. The first-order chi connectivity index (χ1) is 8.15. The molecule has 5 nitrogen and oxygen atoms in total. The van der Waals surface area contributed by atoms with E-state index in [1.165, 1.54) is 0 Å². The Bertz CT molecular complexity index is 520. The van der Waals surface area contributed by atoms with Crippen molar-refractivity contribution in [1.82, 2.24) is 10.1 Å². The number of pyridine rings is 1. The number of aromatic nitrogens is 2. The van der Waals surface area contributed by atoms with Gasteiger partial charge in [0.1, 0.15) is 0 Å². The zero-order valence-electron chi connectivity index (χ0n) is 10.1. The van der Waals surface area contributed by atoms with Crippen LogP contribution in [0.4, 0.5) is 5.82 Å². The van der Waals surface area contributed by atoms with Crippen LogP contribution in [0.3, 0.4) is 0 Å². The Balaban J connectivity index is 2.60. The second-order valence-electron chi connectivity index (χ2n) is 4.03. The lowest BCUT2D eigenvalue weighted by atomic mass is 10.00. The van der Waals surface area contributed by atoms with Gasteiger partial charge in [-0.25, -0.2) is 4.98 Å². The van der Waals surface area contributed by atoms with E-state index in [-0.39, 0.29) is 5.92 Å². The van der Waals surface area contributed by atoms with Crippen molar-refractivity contribution in [3.63, 3.8) is 0 Å². The van der Waals surface area contributed by atoms with E-state index < -0.39 is 0 Å². The number of hydrogen-bond donors (Lipinski definition) is 1. The highest BCUT2D eigenvalue weighted by Gasteiger charge is 2.21. The van der Waals surface area contributed by atoms with Gasteiger partial charge in [-0.2, -0.15) is 0 Å². The second-order valence-corrected chi connectivity index (χ2v) is 4.03. The maximum atomic E-state index is 5.81. The molecular formula is C12H15N3O2. The van der Waals surface area contributed by atoms with Gasteiger partial charge in [0, 0.05) is 11.8 Å². The number of ether oxygens (including phenoxy) is 1. The summed E-state index contributed by atoms with van der Waals surface area (Å²) in [6.07, 6.45) is 1.66. The van der Waals surface area contributed by atoms with Crippen molar-refractivity contribution in [3.05, 3.63) is 23.9 Å². The molecule has 0 amide bonds. The third-order valence-corrected chi connectivity index (χ3v) is 2.54. The maximum absolute atomic E-state index is 5.81. The summed E-state index contributed by atoms with van der Waals surface area (Å²) in [6, 6.07) is 3.69. The lowest BCUT2D eigenvalue weighted by Gasteiger charge is -2.07. The molecule has 0 aliphatic rings. The summed E-state index contributed by atoms with van der Waals surface area (Å²) >= 11 is 0. The fourth-order valence-electron chi connectivity index (χ4n) is 1.79. The van der Waals surface area contributed by atoms with Gasteiger partial charge in [0.2, 0.25) is 5.88 Å². The molecule has 2 rings (SSSR count). The van der Waals surface area contributed by atoms with Crippen LogP contribution in [-0.2, 0) is 0 Å². The van der Waals surface area contributed by atoms with Gasteiger partial charge in [-0.05, 0) is 18.1 Å². The Labute approximate surface area is 99.6 Å². The quantitative estimate of drug-likeness (QED) is 0.881. The van der Waals surface area contributed by atoms with E-state index >= 15 is 0 Å². The highest BCUT2D eigenvalue weighted by atomic mass is 16.5. The number of nitrogen functional groups attached to an aromatic ring is 1. The third-order valence-electron chi connectivity index (χ3n) is 2.54. The largest absolute Gasteiger partial charge is 0.480 e. The average molecular weight is 233 g/mol. The standard InChI is InChI=1S/C12H15N3O2/c1-7(2)9-10(17-15-11(9)13)8-5-4-6-14-12(8)16-3/h4-7H,1-3H3,(H2,13,15). The van der Waals surface area contributed by atoms with Gasteiger partial charge >= 0.3 is 0 Å². The first-order valence-corrected chi connectivity index (χ1v) is 5.39. The van der Waals surface area contributed by atoms with E-state index in [4.69, 9.17) is 15.0 Å². The highest BCUT2D eigenvalue weighted by Crippen LogP contribution is 2.36. The van der Waals surface area contributed by atoms with Gasteiger partial charge in [-0.1, -0.05) is 19.0 Å². The van der Waals surface area contributed by atoms with Gasteiger partial charge in [-0.3, -0.25) is 0 Å². The number of rotatable bonds is 3. The van der Waals surface area contributed by atoms with Crippen molar-refractivity contribution in [2.24, 2.45) is 0 Å². The second kappa shape index (κ2) is 4.45. The number of hydrogen-bond acceptors (Lipinski definition) is 5. The number of methoxy groups -OCH3 is 1. The van der Waals surface area contributed by atoms with Crippen molar-refractivity contribution < 1.29 is 9.26 Å². The summed E-state index contributed by atoms with van der Waals surface area (Å²) in [7, 11) is 1.57. The molecule has 2 N–H and O–H groups in total. The van der Waals surface area contributed by atoms with E-state index in [0.717, 1.165) is 11.1 Å². The predicted octanol–water partition coefficient (Wildman–Crippen LogP) is 2.45. The Kier molecular flexibility index (Phi) is 2.99. The summed E-state index contributed by atoms with van der Waals surface area (Å²) in [4.78, 5) is 4.13. The van der Waals surface area contributed by atoms with Crippen LogP contribution in [0, 0.1) is 0 Å². The molecule has 5 heteroatoms. The van der Waals surface area contributed by atoms with Gasteiger partial charge in [0.05, 0.1) is 12.7 Å². The molecule has 2 heterocycles. The minimum atomic E-state index is 0.223. The predicted molar refractivity (Wildman–Crippen MR) is 64.8 cm³/mol. The maximum Gasteiger partial charge on any atom is 0.224 e. The molecule has 0 aliphatic carbocycles. The SMILES string of the molecule is COc1ncccc1-c1onc(N)c1C(C)C. The first-order valence-electron chi connectivity index (χ1n) is 5.39. The fraction of sp³-hybridized carbons (Fsp3) is 0.333. The molecule has 0 unspecified atom stereocenters. The highest BCUT2D eigenvalue weighted by molar-refractivity contribution is 5.70. The van der Waals surface area contributed by atoms with Crippen LogP contribution in [0.15, 0.2) is 22.9 Å². The van der Waals surface area contributed by atoms with E-state index in [0.29, 0.717) is 17.5 Å². The monoisotopic (exact) mass is 233 g/mol. The van der Waals surface area contributed by atoms with Crippen LogP contribution in [0.2, 0.25) is 0 Å². The molecule has 0 spiro atoms. The van der Waals surface area contributed by atoms with Crippen LogP contribution in [-0.4, -0.2) is 17.3 Å². The summed E-state index contributed by atoms with van der Waals surface area (Å²) in [5, 5.41) is 3.81. The van der Waals surface area contributed by atoms with E-state index in [1.54, 1.807) is 13.3 Å². The molecule has 0 saturated carbocycles. The van der Waals surface area contributed by atoms with Gasteiger partial charge in [0.15, 0.2) is 11.6 Å². The smallest absolute Gasteiger partial charge is 0.224 e. The molecule has 0 radical (unpaired) electrons. The van der Waals surface area contributed by atoms with Crippen LogP contribution >= 0.6 is 0 Å². The molecule has 17 heavy (non-hydrogen) atoms. The van der Waals surface area contributed by atoms with Crippen molar-refractivity contribution in [2.75, 3.05) is 12.8 Å². The number of nitrogens with zero attached hydrogens (tertiary/aromatic N) is 2. The van der Waals surface area contributed by atoms with Crippen LogP contribution < -0.4 is 10.5 Å². The molecular weight excluding hydrogens is 218 g/mol. The fourth-order valence-corrected chi connectivity index (χ4v) is 1.79. The van der Waals surface area contributed by atoms with Gasteiger partial charge < -0.3 is 15.0 Å². The summed E-state index contributed by atoms with van der Waals surface area (Å²) in [5.41, 5.74) is 7.46. The minimum Gasteiger partial charge on any atom is -0.480 e. The van der Waals surface area contributed by atoms with E-state index in [9.17, 15) is 0 Å². The topological polar surface area (TPSA) is 74.2 Å². The number of nitrogens with two attached hydrogens (primary N) is 1. The van der Waals surface area contributed by atoms with Crippen LogP contribution in [0.1, 0.15) is 25.3 Å². The van der Waals surface area contributed by atoms with Crippen LogP contribution in [0.5, 0.6) is 5.88 Å². The third kappa shape index (κ3) is 1.95. The van der Waals surface area contributed by atoms with Crippen molar-refractivity contribution in [3.8, 4) is 17.2 Å². The van der Waals surface area contributed by atoms with Crippen molar-refractivity contribution >= 4 is 5.82 Å². The molecule has 0 aromatic carbocycles. The Hall–Kier alpha value is -2.04. The molecule has 0 saturated heterocycles. The van der Waals surface area contributed by atoms with Crippen LogP contribution in [0.25, 0.3) is 11.3 Å². The molecule has 0 aliphatic heterocycles. The Morgan fingerprint density at radius 2 is 2.18 bits per heavy atom. The Morgan fingerprint density at radius 3 is 2.82 bits per heavy atom. The number of anilines is 1. The van der Waals surface area contributed by atoms with Crippen molar-refractivity contribution in [2.45, 2.75) is 19.8 Å². The molecule has 0 atom stereocenters.